The van der Waals surface area contributed by atoms with Crippen LogP contribution in [-0.4, -0.2) is 20.1 Å². The van der Waals surface area contributed by atoms with E-state index in [1.807, 2.05) is 6.07 Å². The van der Waals surface area contributed by atoms with Gasteiger partial charge in [0.15, 0.2) is 0 Å². The topological polar surface area (TPSA) is 87.0 Å². The lowest BCUT2D eigenvalue weighted by molar-refractivity contribution is -0.112. The maximum Gasteiger partial charge on any atom is 0.250 e. The molecule has 0 atom stereocenters. The molecular weight excluding hydrogens is 296 g/mol. The second-order valence-electron chi connectivity index (χ2n) is 3.94. The van der Waals surface area contributed by atoms with E-state index in [2.05, 4.69) is 11.9 Å². The first-order chi connectivity index (χ1) is 9.36. The molecule has 1 aromatic carbocycles. The summed E-state index contributed by atoms with van der Waals surface area (Å²) in [6.07, 6.45) is 0.177. The highest BCUT2D eigenvalue weighted by Gasteiger charge is 2.15. The number of hydrogen-bond donors (Lipinski definition) is 1. The summed E-state index contributed by atoms with van der Waals surface area (Å²) in [4.78, 5) is 11.6. The van der Waals surface area contributed by atoms with E-state index in [1.54, 1.807) is 6.92 Å². The molecule has 5 nitrogen and oxygen atoms in total. The summed E-state index contributed by atoms with van der Waals surface area (Å²) in [5, 5.41) is 11.0. The van der Waals surface area contributed by atoms with Crippen molar-refractivity contribution < 1.29 is 13.2 Å². The summed E-state index contributed by atoms with van der Waals surface area (Å²) in [5.74, 6) is -0.0866. The van der Waals surface area contributed by atoms with Crippen molar-refractivity contribution in [1.82, 2.24) is 0 Å². The number of anilines is 1. The van der Waals surface area contributed by atoms with E-state index < -0.39 is 8.87 Å². The van der Waals surface area contributed by atoms with Crippen molar-refractivity contribution in [3.8, 4) is 6.07 Å². The number of nitriles is 1. The van der Waals surface area contributed by atoms with Gasteiger partial charge in [-0.25, -0.2) is 8.42 Å². The summed E-state index contributed by atoms with van der Waals surface area (Å²) in [5.41, 5.74) is 0.868. The van der Waals surface area contributed by atoms with E-state index in [0.29, 0.717) is 11.3 Å². The van der Waals surface area contributed by atoms with Gasteiger partial charge in [-0.05, 0) is 42.0 Å². The molecule has 0 spiro atoms. The van der Waals surface area contributed by atoms with Crippen LogP contribution in [0, 0.1) is 11.3 Å². The minimum Gasteiger partial charge on any atom is -0.322 e. The molecule has 1 rings (SSSR count). The normalized spacial score (nSPS) is 10.6. The Bertz CT molecular complexity index is 643. The van der Waals surface area contributed by atoms with Crippen LogP contribution in [0.4, 0.5) is 5.69 Å². The molecule has 0 aromatic heterocycles. The van der Waals surface area contributed by atoms with E-state index in [9.17, 15) is 13.2 Å². The van der Waals surface area contributed by atoms with E-state index in [4.69, 9.17) is 5.26 Å². The third kappa shape index (κ3) is 4.72. The van der Waals surface area contributed by atoms with Crippen LogP contribution >= 0.6 is 10.8 Å². The molecule has 106 valence electrons. The number of carbonyl (C=O) groups is 1. The number of amides is 1. The second kappa shape index (κ2) is 7.12. The molecule has 0 saturated carbocycles. The summed E-state index contributed by atoms with van der Waals surface area (Å²) >= 11 is 0. The first-order valence-electron chi connectivity index (χ1n) is 5.70. The number of nitrogens with one attached hydrogen (secondary N) is 1. The Morgan fingerprint density at radius 1 is 1.40 bits per heavy atom. The molecule has 0 aliphatic carbocycles. The molecular formula is C13H14N2O3S2. The van der Waals surface area contributed by atoms with Gasteiger partial charge in [0, 0.05) is 23.4 Å². The van der Waals surface area contributed by atoms with E-state index in [0.717, 1.165) is 10.8 Å². The average molecular weight is 310 g/mol. The Morgan fingerprint density at radius 3 is 2.50 bits per heavy atom. The Labute approximate surface area is 122 Å². The van der Waals surface area contributed by atoms with Gasteiger partial charge in [0.25, 0.3) is 5.91 Å². The van der Waals surface area contributed by atoms with Crippen LogP contribution in [0.15, 0.2) is 41.3 Å². The van der Waals surface area contributed by atoms with Gasteiger partial charge in [0.2, 0.25) is 8.87 Å². The van der Waals surface area contributed by atoms with Crippen LogP contribution in [0.25, 0.3) is 0 Å². The standard InChI is InChI=1S/C13H14N2O3S2/c1-10(2)13(16)15-11-4-6-12(7-5-11)20(17,18)19-9-3-8-14/h4-7H,1,3,9H2,2H3,(H,15,16). The second-order valence-corrected chi connectivity index (χ2v) is 7.99. The van der Waals surface area contributed by atoms with Crippen molar-refractivity contribution in [3.63, 3.8) is 0 Å². The van der Waals surface area contributed by atoms with Gasteiger partial charge in [-0.1, -0.05) is 6.58 Å². The minimum absolute atomic E-state index is 0.147. The predicted octanol–water partition coefficient (Wildman–Crippen LogP) is 2.54. The van der Waals surface area contributed by atoms with Gasteiger partial charge in [0.1, 0.15) is 0 Å². The third-order valence-electron chi connectivity index (χ3n) is 2.24. The zero-order chi connectivity index (χ0) is 15.2. The van der Waals surface area contributed by atoms with Crippen molar-refractivity contribution in [3.05, 3.63) is 36.4 Å². The Hall–Kier alpha value is -1.78. The van der Waals surface area contributed by atoms with E-state index >= 15 is 0 Å². The maximum atomic E-state index is 11.9. The first-order valence-corrected chi connectivity index (χ1v) is 8.68. The average Bonchev–Trinajstić information content (AvgIpc) is 2.39. The molecule has 0 fully saturated rings. The van der Waals surface area contributed by atoms with Crippen LogP contribution in [0.1, 0.15) is 13.3 Å². The van der Waals surface area contributed by atoms with Crippen LogP contribution in [0.2, 0.25) is 0 Å². The van der Waals surface area contributed by atoms with Gasteiger partial charge < -0.3 is 5.32 Å². The van der Waals surface area contributed by atoms with Gasteiger partial charge >= 0.3 is 0 Å². The van der Waals surface area contributed by atoms with Gasteiger partial charge in [0.05, 0.1) is 11.0 Å². The number of rotatable bonds is 6. The fourth-order valence-corrected chi connectivity index (χ4v) is 3.86. The van der Waals surface area contributed by atoms with Gasteiger partial charge in [-0.15, -0.1) is 0 Å². The number of hydrogen-bond acceptors (Lipinski definition) is 5. The molecule has 0 aliphatic heterocycles. The lowest BCUT2D eigenvalue weighted by Gasteiger charge is -2.06. The van der Waals surface area contributed by atoms with Crippen molar-refractivity contribution in [2.45, 2.75) is 18.2 Å². The molecule has 1 amide bonds. The van der Waals surface area contributed by atoms with Crippen molar-refractivity contribution >= 4 is 31.3 Å². The number of nitrogens with zero attached hydrogens (tertiary/aromatic N) is 1. The third-order valence-corrected chi connectivity index (χ3v) is 5.78. The molecule has 20 heavy (non-hydrogen) atoms. The molecule has 1 aromatic rings. The monoisotopic (exact) mass is 310 g/mol. The highest BCUT2D eigenvalue weighted by Crippen LogP contribution is 2.25. The van der Waals surface area contributed by atoms with Crippen LogP contribution in [-0.2, 0) is 13.7 Å². The largest absolute Gasteiger partial charge is 0.322 e. The summed E-state index contributed by atoms with van der Waals surface area (Å²) in [7, 11) is -2.73. The molecule has 0 heterocycles. The predicted molar refractivity (Wildman–Crippen MR) is 79.8 cm³/mol. The van der Waals surface area contributed by atoms with Gasteiger partial charge in [-0.3, -0.25) is 4.79 Å². The van der Waals surface area contributed by atoms with Crippen molar-refractivity contribution in [2.24, 2.45) is 0 Å². The zero-order valence-corrected chi connectivity index (χ0v) is 12.6. The quantitative estimate of drug-likeness (QED) is 0.495. The zero-order valence-electron chi connectivity index (χ0n) is 10.9. The number of benzene rings is 1. The molecule has 0 aliphatic rings. The summed E-state index contributed by atoms with van der Waals surface area (Å²) in [6.45, 7) is 5.10. The maximum absolute atomic E-state index is 11.9. The van der Waals surface area contributed by atoms with Gasteiger partial charge in [-0.2, -0.15) is 5.26 Å². The molecule has 0 saturated heterocycles. The van der Waals surface area contributed by atoms with E-state index in [-0.39, 0.29) is 23.0 Å². The van der Waals surface area contributed by atoms with Crippen LogP contribution < -0.4 is 5.32 Å². The Balaban J connectivity index is 2.78. The number of carbonyl (C=O) groups excluding carboxylic acids is 1. The molecule has 0 radical (unpaired) electrons. The van der Waals surface area contributed by atoms with Crippen LogP contribution in [0.3, 0.4) is 0 Å². The minimum atomic E-state index is -3.46. The Morgan fingerprint density at radius 2 is 2.00 bits per heavy atom. The summed E-state index contributed by atoms with van der Waals surface area (Å²) in [6, 6.07) is 7.76. The molecule has 1 N–H and O–H groups in total. The van der Waals surface area contributed by atoms with Crippen molar-refractivity contribution in [2.75, 3.05) is 11.1 Å². The highest BCUT2D eigenvalue weighted by molar-refractivity contribution is 8.72. The first kappa shape index (κ1) is 16.3. The molecule has 7 heteroatoms. The Kier molecular flexibility index (Phi) is 5.80. The molecule has 0 unspecified atom stereocenters. The lowest BCUT2D eigenvalue weighted by atomic mass is 10.3. The highest BCUT2D eigenvalue weighted by atomic mass is 33.1. The van der Waals surface area contributed by atoms with Crippen LogP contribution in [0.5, 0.6) is 0 Å². The summed E-state index contributed by atoms with van der Waals surface area (Å²) < 4.78 is 23.8. The van der Waals surface area contributed by atoms with E-state index in [1.165, 1.54) is 24.3 Å². The fraction of sp³-hybridized carbons (Fsp3) is 0.231. The smallest absolute Gasteiger partial charge is 0.250 e. The van der Waals surface area contributed by atoms with Crippen molar-refractivity contribution in [1.29, 1.82) is 5.26 Å². The fourth-order valence-electron chi connectivity index (χ4n) is 1.21. The molecule has 0 bridgehead atoms. The SMILES string of the molecule is C=C(C)C(=O)Nc1ccc(S(=O)(=O)SCCC#N)cc1. The lowest BCUT2D eigenvalue weighted by Crippen LogP contribution is -2.11.